The molecule has 0 aromatic heterocycles. The van der Waals surface area contributed by atoms with Crippen molar-refractivity contribution in [2.45, 2.75) is 25.8 Å². The smallest absolute Gasteiger partial charge is 0.255 e. The summed E-state index contributed by atoms with van der Waals surface area (Å²) in [5.41, 5.74) is 0.657. The summed E-state index contributed by atoms with van der Waals surface area (Å²) in [6, 6.07) is 5.77. The molecule has 1 aromatic rings. The van der Waals surface area contributed by atoms with Gasteiger partial charge in [-0.25, -0.2) is 0 Å². The summed E-state index contributed by atoms with van der Waals surface area (Å²) < 4.78 is 5.98. The molecule has 1 saturated carbocycles. The van der Waals surface area contributed by atoms with Gasteiger partial charge in [0, 0.05) is 17.6 Å². The number of ether oxygens (including phenoxy) is 1. The number of carbonyl (C=O) groups excluding carboxylic acids is 1. The number of benzene rings is 1. The zero-order valence-corrected chi connectivity index (χ0v) is 12.5. The lowest BCUT2D eigenvalue weighted by Crippen LogP contribution is -2.36. The molecule has 18 heavy (non-hydrogen) atoms. The molecular formula is C14H18BrNO2. The summed E-state index contributed by atoms with van der Waals surface area (Å²) in [5, 5.41) is 0. The van der Waals surface area contributed by atoms with E-state index in [1.165, 1.54) is 12.8 Å². The molecule has 0 saturated heterocycles. The molecule has 1 aliphatic rings. The lowest BCUT2D eigenvalue weighted by molar-refractivity contribution is 0.0726. The van der Waals surface area contributed by atoms with Gasteiger partial charge < -0.3 is 9.64 Å². The maximum absolute atomic E-state index is 12.4. The van der Waals surface area contributed by atoms with E-state index < -0.39 is 0 Å². The second-order valence-electron chi connectivity index (χ2n) is 4.84. The molecule has 1 aliphatic carbocycles. The highest BCUT2D eigenvalue weighted by atomic mass is 79.9. The molecule has 1 fully saturated rings. The Balaban J connectivity index is 2.21. The maximum atomic E-state index is 12.4. The monoisotopic (exact) mass is 311 g/mol. The molecular weight excluding hydrogens is 294 g/mol. The number of nitrogens with zero attached hydrogens (tertiary/aromatic N) is 1. The van der Waals surface area contributed by atoms with E-state index in [0.29, 0.717) is 23.3 Å². The van der Waals surface area contributed by atoms with Crippen LogP contribution in [0, 0.1) is 5.92 Å². The third-order valence-electron chi connectivity index (χ3n) is 3.64. The lowest BCUT2D eigenvalue weighted by atomic mass is 10.1. The molecule has 1 aromatic carbocycles. The predicted molar refractivity (Wildman–Crippen MR) is 75.0 cm³/mol. The first-order chi connectivity index (χ1) is 8.54. The standard InChI is InChI=1S/C14H18BrNO2/c1-9(10-4-5-10)16(2)14(17)12-8-11(18-3)6-7-13(12)15/h6-10H,4-5H2,1-3H3. The van der Waals surface area contributed by atoms with Gasteiger partial charge in [-0.05, 0) is 59.8 Å². The van der Waals surface area contributed by atoms with Crippen LogP contribution in [0.15, 0.2) is 22.7 Å². The topological polar surface area (TPSA) is 29.5 Å². The molecule has 1 amide bonds. The van der Waals surface area contributed by atoms with Gasteiger partial charge in [0.1, 0.15) is 5.75 Å². The Hall–Kier alpha value is -1.03. The van der Waals surface area contributed by atoms with Crippen molar-refractivity contribution in [3.05, 3.63) is 28.2 Å². The molecule has 4 heteroatoms. The van der Waals surface area contributed by atoms with E-state index in [0.717, 1.165) is 4.47 Å². The Labute approximate surface area is 116 Å². The first-order valence-electron chi connectivity index (χ1n) is 6.15. The number of hydrogen-bond acceptors (Lipinski definition) is 2. The van der Waals surface area contributed by atoms with E-state index in [1.807, 2.05) is 24.1 Å². The Morgan fingerprint density at radius 3 is 2.72 bits per heavy atom. The van der Waals surface area contributed by atoms with Gasteiger partial charge in [-0.3, -0.25) is 4.79 Å². The fraction of sp³-hybridized carbons (Fsp3) is 0.500. The van der Waals surface area contributed by atoms with Gasteiger partial charge in [-0.15, -0.1) is 0 Å². The summed E-state index contributed by atoms with van der Waals surface area (Å²) in [5.74, 6) is 1.41. The highest BCUT2D eigenvalue weighted by Gasteiger charge is 2.33. The van der Waals surface area contributed by atoms with Crippen molar-refractivity contribution in [1.29, 1.82) is 0 Å². The van der Waals surface area contributed by atoms with Crippen LogP contribution in [0.1, 0.15) is 30.1 Å². The van der Waals surface area contributed by atoms with Gasteiger partial charge in [-0.2, -0.15) is 0 Å². The first kappa shape index (κ1) is 13.4. The number of hydrogen-bond donors (Lipinski definition) is 0. The number of methoxy groups -OCH3 is 1. The average Bonchev–Trinajstić information content (AvgIpc) is 3.21. The molecule has 1 unspecified atom stereocenters. The Morgan fingerprint density at radius 1 is 1.50 bits per heavy atom. The Morgan fingerprint density at radius 2 is 2.17 bits per heavy atom. The zero-order valence-electron chi connectivity index (χ0n) is 10.9. The maximum Gasteiger partial charge on any atom is 0.255 e. The number of halogens is 1. The Kier molecular flexibility index (Phi) is 3.95. The van der Waals surface area contributed by atoms with Crippen LogP contribution in [0.25, 0.3) is 0 Å². The normalized spacial score (nSPS) is 16.2. The van der Waals surface area contributed by atoms with Crippen LogP contribution in [0.4, 0.5) is 0 Å². The minimum atomic E-state index is 0.0418. The molecule has 0 bridgehead atoms. The third-order valence-corrected chi connectivity index (χ3v) is 4.33. The van der Waals surface area contributed by atoms with E-state index in [4.69, 9.17) is 4.74 Å². The van der Waals surface area contributed by atoms with Crippen LogP contribution in [0.5, 0.6) is 5.75 Å². The summed E-state index contributed by atoms with van der Waals surface area (Å²) >= 11 is 3.43. The number of amides is 1. The SMILES string of the molecule is COc1ccc(Br)c(C(=O)N(C)C(C)C2CC2)c1. The average molecular weight is 312 g/mol. The molecule has 98 valence electrons. The van der Waals surface area contributed by atoms with Crippen molar-refractivity contribution in [2.75, 3.05) is 14.2 Å². The van der Waals surface area contributed by atoms with Gasteiger partial charge in [0.2, 0.25) is 0 Å². The lowest BCUT2D eigenvalue weighted by Gasteiger charge is -2.25. The molecule has 3 nitrogen and oxygen atoms in total. The highest BCUT2D eigenvalue weighted by Crippen LogP contribution is 2.35. The number of rotatable bonds is 4. The predicted octanol–water partition coefficient (Wildman–Crippen LogP) is 3.33. The van der Waals surface area contributed by atoms with E-state index >= 15 is 0 Å². The minimum absolute atomic E-state index is 0.0418. The van der Waals surface area contributed by atoms with Crippen molar-refractivity contribution in [1.82, 2.24) is 4.90 Å². The van der Waals surface area contributed by atoms with Gasteiger partial charge in [0.25, 0.3) is 5.91 Å². The minimum Gasteiger partial charge on any atom is -0.497 e. The van der Waals surface area contributed by atoms with Crippen molar-refractivity contribution in [3.63, 3.8) is 0 Å². The van der Waals surface area contributed by atoms with Gasteiger partial charge >= 0.3 is 0 Å². The quantitative estimate of drug-likeness (QED) is 0.853. The summed E-state index contributed by atoms with van der Waals surface area (Å²) in [6.07, 6.45) is 2.47. The van der Waals surface area contributed by atoms with E-state index in [-0.39, 0.29) is 5.91 Å². The van der Waals surface area contributed by atoms with Gasteiger partial charge in [-0.1, -0.05) is 0 Å². The van der Waals surface area contributed by atoms with Crippen LogP contribution in [-0.4, -0.2) is 31.0 Å². The van der Waals surface area contributed by atoms with Crippen molar-refractivity contribution in [2.24, 2.45) is 5.92 Å². The second-order valence-corrected chi connectivity index (χ2v) is 5.69. The fourth-order valence-corrected chi connectivity index (χ4v) is 2.48. The Bertz CT molecular complexity index is 457. The van der Waals surface area contributed by atoms with Crippen LogP contribution in [0.2, 0.25) is 0 Å². The van der Waals surface area contributed by atoms with Crippen LogP contribution < -0.4 is 4.74 Å². The molecule has 0 radical (unpaired) electrons. The summed E-state index contributed by atoms with van der Waals surface area (Å²) in [6.45, 7) is 2.11. The molecule has 2 rings (SSSR count). The second kappa shape index (κ2) is 5.31. The van der Waals surface area contributed by atoms with E-state index in [2.05, 4.69) is 22.9 Å². The highest BCUT2D eigenvalue weighted by molar-refractivity contribution is 9.10. The third kappa shape index (κ3) is 2.69. The first-order valence-corrected chi connectivity index (χ1v) is 6.94. The van der Waals surface area contributed by atoms with Crippen LogP contribution >= 0.6 is 15.9 Å². The van der Waals surface area contributed by atoms with E-state index in [9.17, 15) is 4.79 Å². The van der Waals surface area contributed by atoms with Gasteiger partial charge in [0.15, 0.2) is 0 Å². The van der Waals surface area contributed by atoms with Crippen molar-refractivity contribution < 1.29 is 9.53 Å². The number of carbonyl (C=O) groups is 1. The zero-order chi connectivity index (χ0) is 13.3. The molecule has 0 heterocycles. The largest absolute Gasteiger partial charge is 0.497 e. The van der Waals surface area contributed by atoms with Crippen molar-refractivity contribution in [3.8, 4) is 5.75 Å². The molecule has 0 N–H and O–H groups in total. The van der Waals surface area contributed by atoms with Crippen LogP contribution in [0.3, 0.4) is 0 Å². The van der Waals surface area contributed by atoms with Gasteiger partial charge in [0.05, 0.1) is 12.7 Å². The van der Waals surface area contributed by atoms with E-state index in [1.54, 1.807) is 13.2 Å². The molecule has 1 atom stereocenters. The molecule has 0 aliphatic heterocycles. The van der Waals surface area contributed by atoms with Crippen LogP contribution in [-0.2, 0) is 0 Å². The summed E-state index contributed by atoms with van der Waals surface area (Å²) in [4.78, 5) is 14.3. The van der Waals surface area contributed by atoms with Crippen molar-refractivity contribution >= 4 is 21.8 Å². The summed E-state index contributed by atoms with van der Waals surface area (Å²) in [7, 11) is 3.48. The fourth-order valence-electron chi connectivity index (χ4n) is 2.07. The molecule has 0 spiro atoms.